The summed E-state index contributed by atoms with van der Waals surface area (Å²) in [7, 11) is -8.28. The molecule has 30 heavy (non-hydrogen) atoms. The predicted octanol–water partition coefficient (Wildman–Crippen LogP) is 7.51. The Bertz CT molecular complexity index is 770. The van der Waals surface area contributed by atoms with Gasteiger partial charge in [0.1, 0.15) is 0 Å². The van der Waals surface area contributed by atoms with E-state index in [2.05, 4.69) is 47.7 Å². The summed E-state index contributed by atoms with van der Waals surface area (Å²) in [4.78, 5) is 0.279. The normalized spacial score (nSPS) is 14.9. The van der Waals surface area contributed by atoms with Crippen molar-refractivity contribution in [2.75, 3.05) is 0 Å². The summed E-state index contributed by atoms with van der Waals surface area (Å²) in [5, 5.41) is 0.0429. The maximum Gasteiger partial charge on any atom is 0.287 e. The third-order valence-electron chi connectivity index (χ3n) is 6.68. The second-order valence-electron chi connectivity index (χ2n) is 10.3. The summed E-state index contributed by atoms with van der Waals surface area (Å²) >= 11 is 0. The molecule has 0 N–H and O–H groups in total. The van der Waals surface area contributed by atoms with E-state index in [0.717, 1.165) is 30.1 Å². The Morgan fingerprint density at radius 3 is 1.90 bits per heavy atom. The molecule has 1 aromatic carbocycles. The van der Waals surface area contributed by atoms with Crippen molar-refractivity contribution in [3.8, 4) is 0 Å². The maximum atomic E-state index is 13.5. The molecule has 1 aromatic rings. The average molecular weight is 473 g/mol. The predicted molar refractivity (Wildman–Crippen MR) is 132 cm³/mol. The highest BCUT2D eigenvalue weighted by molar-refractivity contribution is 7.87. The molecule has 0 radical (unpaired) electrons. The van der Waals surface area contributed by atoms with Crippen LogP contribution in [0, 0.1) is 5.92 Å². The molecule has 0 spiro atoms. The van der Waals surface area contributed by atoms with E-state index >= 15 is 0 Å². The minimum Gasteiger partial charge on any atom is -0.410 e. The van der Waals surface area contributed by atoms with Crippen LogP contribution in [0.2, 0.25) is 36.3 Å². The van der Waals surface area contributed by atoms with E-state index in [4.69, 9.17) is 8.30 Å². The summed E-state index contributed by atoms with van der Waals surface area (Å²) in [6, 6.07) is 9.65. The standard InChI is InChI=1S/C23H44O4SSi2/c1-11-30(12-2,13-3)27-28(24,25)22-17-15-14-16-20(22)21(18-19(4)5)26-29(9,10)23(6,7)8/h14-17,19,21H,11-13,18H2,1-10H3. The Labute approximate surface area is 188 Å². The summed E-state index contributed by atoms with van der Waals surface area (Å²) in [6.07, 6.45) is 0.512. The van der Waals surface area contributed by atoms with Gasteiger partial charge in [-0.15, -0.1) is 0 Å². The molecular formula is C23H44O4SSi2. The summed E-state index contributed by atoms with van der Waals surface area (Å²) in [6.45, 7) is 21.5. The molecule has 0 aliphatic rings. The van der Waals surface area contributed by atoms with Gasteiger partial charge in [0, 0.05) is 5.56 Å². The smallest absolute Gasteiger partial charge is 0.287 e. The molecule has 1 atom stereocenters. The van der Waals surface area contributed by atoms with Crippen LogP contribution in [0.4, 0.5) is 0 Å². The SMILES string of the molecule is CC[Si](CC)(CC)OS(=O)(=O)c1ccccc1C(CC(C)C)O[Si](C)(C)C(C)(C)C. The van der Waals surface area contributed by atoms with Crippen LogP contribution in [0.25, 0.3) is 0 Å². The number of hydrogen-bond acceptors (Lipinski definition) is 4. The lowest BCUT2D eigenvalue weighted by atomic mass is 10.00. The lowest BCUT2D eigenvalue weighted by Crippen LogP contribution is -2.42. The second-order valence-corrected chi connectivity index (χ2v) is 21.6. The summed E-state index contributed by atoms with van der Waals surface area (Å²) in [5.74, 6) is 0.381. The third kappa shape index (κ3) is 6.76. The quantitative estimate of drug-likeness (QED) is 0.313. The van der Waals surface area contributed by atoms with Crippen molar-refractivity contribution in [2.45, 2.75) is 109 Å². The molecule has 0 amide bonds. The molecule has 0 heterocycles. The van der Waals surface area contributed by atoms with Gasteiger partial charge in [0.15, 0.2) is 8.32 Å². The number of benzene rings is 1. The first-order valence-corrected chi connectivity index (χ1v) is 18.2. The van der Waals surface area contributed by atoms with Crippen LogP contribution in [0.5, 0.6) is 0 Å². The van der Waals surface area contributed by atoms with Gasteiger partial charge in [0.25, 0.3) is 10.1 Å². The molecule has 174 valence electrons. The first-order chi connectivity index (χ1) is 13.6. The molecule has 0 saturated carbocycles. The van der Waals surface area contributed by atoms with Gasteiger partial charge in [-0.2, -0.15) is 8.42 Å². The largest absolute Gasteiger partial charge is 0.410 e. The van der Waals surface area contributed by atoms with Crippen molar-refractivity contribution < 1.29 is 16.7 Å². The molecule has 7 heteroatoms. The molecule has 0 aromatic heterocycles. The Morgan fingerprint density at radius 2 is 1.47 bits per heavy atom. The van der Waals surface area contributed by atoms with Gasteiger partial charge in [0.05, 0.1) is 11.0 Å². The minimum absolute atomic E-state index is 0.0429. The van der Waals surface area contributed by atoms with E-state index in [-0.39, 0.29) is 16.0 Å². The van der Waals surface area contributed by atoms with Gasteiger partial charge in [0.2, 0.25) is 8.32 Å². The molecular weight excluding hydrogens is 428 g/mol. The maximum absolute atomic E-state index is 13.5. The van der Waals surface area contributed by atoms with Crippen molar-refractivity contribution in [1.82, 2.24) is 0 Å². The molecule has 0 bridgehead atoms. The van der Waals surface area contributed by atoms with Crippen LogP contribution >= 0.6 is 0 Å². The lowest BCUT2D eigenvalue weighted by Gasteiger charge is -2.40. The van der Waals surface area contributed by atoms with E-state index in [0.29, 0.717) is 5.92 Å². The molecule has 0 aliphatic heterocycles. The molecule has 1 rings (SSSR count). The van der Waals surface area contributed by atoms with Crippen molar-refractivity contribution >= 4 is 26.8 Å². The Balaban J connectivity index is 3.50. The highest BCUT2D eigenvalue weighted by atomic mass is 32.2. The van der Waals surface area contributed by atoms with E-state index < -0.39 is 26.8 Å². The van der Waals surface area contributed by atoms with Crippen LogP contribution in [-0.2, 0) is 18.4 Å². The molecule has 0 saturated heterocycles. The van der Waals surface area contributed by atoms with Crippen LogP contribution < -0.4 is 0 Å². The van der Waals surface area contributed by atoms with Crippen LogP contribution in [0.3, 0.4) is 0 Å². The van der Waals surface area contributed by atoms with E-state index in [1.807, 2.05) is 32.9 Å². The Morgan fingerprint density at radius 1 is 0.967 bits per heavy atom. The zero-order valence-electron chi connectivity index (χ0n) is 20.8. The van der Waals surface area contributed by atoms with Crippen LogP contribution in [-0.4, -0.2) is 25.1 Å². The highest BCUT2D eigenvalue weighted by Gasteiger charge is 2.41. The first-order valence-electron chi connectivity index (χ1n) is 11.4. The monoisotopic (exact) mass is 472 g/mol. The van der Waals surface area contributed by atoms with Gasteiger partial charge >= 0.3 is 0 Å². The fraction of sp³-hybridized carbons (Fsp3) is 0.739. The van der Waals surface area contributed by atoms with Crippen LogP contribution in [0.15, 0.2) is 29.2 Å². The van der Waals surface area contributed by atoms with Crippen molar-refractivity contribution in [2.24, 2.45) is 5.92 Å². The lowest BCUT2D eigenvalue weighted by molar-refractivity contribution is 0.155. The van der Waals surface area contributed by atoms with Gasteiger partial charge in [-0.1, -0.05) is 73.6 Å². The van der Waals surface area contributed by atoms with Gasteiger partial charge in [-0.25, -0.2) is 0 Å². The fourth-order valence-electron chi connectivity index (χ4n) is 3.38. The highest BCUT2D eigenvalue weighted by Crippen LogP contribution is 2.42. The second kappa shape index (κ2) is 10.4. The van der Waals surface area contributed by atoms with Gasteiger partial charge < -0.3 is 8.30 Å². The average Bonchev–Trinajstić information content (AvgIpc) is 2.64. The van der Waals surface area contributed by atoms with E-state index in [1.165, 1.54) is 0 Å². The summed E-state index contributed by atoms with van der Waals surface area (Å²) < 4.78 is 39.7. The topological polar surface area (TPSA) is 52.6 Å². The third-order valence-corrected chi connectivity index (χ3v) is 18.2. The zero-order chi connectivity index (χ0) is 23.4. The van der Waals surface area contributed by atoms with E-state index in [1.54, 1.807) is 12.1 Å². The molecule has 0 aliphatic carbocycles. The van der Waals surface area contributed by atoms with Gasteiger partial charge in [-0.3, -0.25) is 0 Å². The Kier molecular flexibility index (Phi) is 9.58. The fourth-order valence-corrected chi connectivity index (χ4v) is 10.5. The van der Waals surface area contributed by atoms with Crippen molar-refractivity contribution in [1.29, 1.82) is 0 Å². The first kappa shape index (κ1) is 27.6. The van der Waals surface area contributed by atoms with Crippen molar-refractivity contribution in [3.63, 3.8) is 0 Å². The minimum atomic E-state index is -3.86. The number of rotatable bonds is 11. The van der Waals surface area contributed by atoms with Crippen LogP contribution in [0.1, 0.15) is 73.5 Å². The number of hydrogen-bond donors (Lipinski definition) is 0. The Hall–Kier alpha value is -0.476. The molecule has 4 nitrogen and oxygen atoms in total. The molecule has 0 fully saturated rings. The molecule has 1 unspecified atom stereocenters. The summed E-state index contributed by atoms with van der Waals surface area (Å²) in [5.41, 5.74) is 0.738. The van der Waals surface area contributed by atoms with E-state index in [9.17, 15) is 8.42 Å². The van der Waals surface area contributed by atoms with Gasteiger partial charge in [-0.05, 0) is 54.7 Å². The van der Waals surface area contributed by atoms with Crippen molar-refractivity contribution in [3.05, 3.63) is 29.8 Å². The zero-order valence-corrected chi connectivity index (χ0v) is 23.7.